The lowest BCUT2D eigenvalue weighted by molar-refractivity contribution is 0.649. The molecule has 1 heterocycles. The van der Waals surface area contributed by atoms with Crippen molar-refractivity contribution in [3.8, 4) is 0 Å². The summed E-state index contributed by atoms with van der Waals surface area (Å²) in [5, 5.41) is 1.39. The number of rotatable bonds is 2. The number of para-hydroxylation sites is 1. The zero-order valence-electron chi connectivity index (χ0n) is 10.7. The molecule has 0 radical (unpaired) electrons. The number of fused-ring (bicyclic) bond motifs is 1. The molecule has 0 spiro atoms. The fraction of sp³-hybridized carbons (Fsp3) is 0.133. The number of hydrogen-bond donors (Lipinski definition) is 1. The lowest BCUT2D eigenvalue weighted by atomic mass is 10.1. The Hall–Kier alpha value is -1.29. The van der Waals surface area contributed by atoms with Crippen LogP contribution in [-0.4, -0.2) is 9.55 Å². The van der Waals surface area contributed by atoms with Gasteiger partial charge in [-0.05, 0) is 49.0 Å². The number of halogens is 2. The van der Waals surface area contributed by atoms with E-state index in [9.17, 15) is 0 Å². The fourth-order valence-electron chi connectivity index (χ4n) is 2.41. The van der Waals surface area contributed by atoms with Gasteiger partial charge < -0.3 is 9.55 Å². The second-order valence-electron chi connectivity index (χ2n) is 4.67. The summed E-state index contributed by atoms with van der Waals surface area (Å²) in [7, 11) is 0. The van der Waals surface area contributed by atoms with Gasteiger partial charge in [0.05, 0.1) is 22.1 Å². The Labute approximate surface area is 132 Å². The SMILES string of the molecule is CC(c1cccc(Cl)c1)n1c(=S)[nH]c2c(Cl)cccc21. The van der Waals surface area contributed by atoms with Crippen molar-refractivity contribution < 1.29 is 0 Å². The van der Waals surface area contributed by atoms with E-state index in [1.165, 1.54) is 0 Å². The van der Waals surface area contributed by atoms with Gasteiger partial charge in [-0.1, -0.05) is 41.4 Å². The molecule has 0 aliphatic rings. The van der Waals surface area contributed by atoms with Crippen molar-refractivity contribution in [2.75, 3.05) is 0 Å². The first-order valence-electron chi connectivity index (χ1n) is 6.22. The normalized spacial score (nSPS) is 12.8. The van der Waals surface area contributed by atoms with Gasteiger partial charge in [-0.2, -0.15) is 0 Å². The maximum absolute atomic E-state index is 6.21. The zero-order chi connectivity index (χ0) is 14.3. The Kier molecular flexibility index (Phi) is 3.59. The summed E-state index contributed by atoms with van der Waals surface area (Å²) in [6.07, 6.45) is 0. The minimum Gasteiger partial charge on any atom is -0.329 e. The average Bonchev–Trinajstić information content (AvgIpc) is 2.76. The standard InChI is InChI=1S/C15H12Cl2N2S/c1-9(10-4-2-5-11(16)8-10)19-13-7-3-6-12(17)14(13)18-15(19)20/h2-9H,1H3,(H,18,20). The minimum atomic E-state index is 0.0772. The highest BCUT2D eigenvalue weighted by atomic mass is 35.5. The van der Waals surface area contributed by atoms with Crippen LogP contribution in [0.15, 0.2) is 42.5 Å². The van der Waals surface area contributed by atoms with Crippen LogP contribution in [-0.2, 0) is 0 Å². The summed E-state index contributed by atoms with van der Waals surface area (Å²) in [5.41, 5.74) is 2.97. The average molecular weight is 323 g/mol. The van der Waals surface area contributed by atoms with Crippen LogP contribution in [0, 0.1) is 4.77 Å². The zero-order valence-corrected chi connectivity index (χ0v) is 13.1. The molecule has 1 aromatic heterocycles. The van der Waals surface area contributed by atoms with Crippen molar-refractivity contribution in [3.05, 3.63) is 62.8 Å². The molecule has 5 heteroatoms. The number of aromatic amines is 1. The molecule has 3 rings (SSSR count). The molecule has 0 fully saturated rings. The van der Waals surface area contributed by atoms with E-state index in [1.54, 1.807) is 0 Å². The number of benzene rings is 2. The largest absolute Gasteiger partial charge is 0.329 e. The summed E-state index contributed by atoms with van der Waals surface area (Å²) >= 11 is 17.7. The van der Waals surface area contributed by atoms with Crippen LogP contribution in [0.2, 0.25) is 10.0 Å². The molecule has 0 aliphatic heterocycles. The molecule has 20 heavy (non-hydrogen) atoms. The summed E-state index contributed by atoms with van der Waals surface area (Å²) < 4.78 is 2.71. The number of imidazole rings is 1. The number of aromatic nitrogens is 2. The third kappa shape index (κ3) is 2.26. The third-order valence-electron chi connectivity index (χ3n) is 3.42. The first-order valence-corrected chi connectivity index (χ1v) is 7.38. The van der Waals surface area contributed by atoms with E-state index in [0.29, 0.717) is 9.79 Å². The number of nitrogens with one attached hydrogen (secondary N) is 1. The quantitative estimate of drug-likeness (QED) is 0.607. The molecule has 0 bridgehead atoms. The highest BCUT2D eigenvalue weighted by molar-refractivity contribution is 7.71. The monoisotopic (exact) mass is 322 g/mol. The van der Waals surface area contributed by atoms with E-state index < -0.39 is 0 Å². The number of hydrogen-bond acceptors (Lipinski definition) is 1. The van der Waals surface area contributed by atoms with E-state index in [1.807, 2.05) is 42.5 Å². The highest BCUT2D eigenvalue weighted by Gasteiger charge is 2.14. The van der Waals surface area contributed by atoms with E-state index in [-0.39, 0.29) is 6.04 Å². The van der Waals surface area contributed by atoms with Crippen LogP contribution in [0.1, 0.15) is 18.5 Å². The Morgan fingerprint density at radius 1 is 1.15 bits per heavy atom. The molecule has 0 amide bonds. The van der Waals surface area contributed by atoms with Gasteiger partial charge in [0.1, 0.15) is 0 Å². The van der Waals surface area contributed by atoms with Gasteiger partial charge >= 0.3 is 0 Å². The molecule has 1 atom stereocenters. The van der Waals surface area contributed by atoms with Crippen LogP contribution in [0.4, 0.5) is 0 Å². The molecular formula is C15H12Cl2N2S. The first kappa shape index (κ1) is 13.7. The second kappa shape index (κ2) is 5.24. The molecule has 1 N–H and O–H groups in total. The molecule has 1 unspecified atom stereocenters. The van der Waals surface area contributed by atoms with Crippen molar-refractivity contribution in [1.82, 2.24) is 9.55 Å². The highest BCUT2D eigenvalue weighted by Crippen LogP contribution is 2.29. The molecule has 0 saturated carbocycles. The first-order chi connectivity index (χ1) is 9.58. The van der Waals surface area contributed by atoms with Crippen molar-refractivity contribution in [3.63, 3.8) is 0 Å². The Bertz CT molecular complexity index is 835. The maximum Gasteiger partial charge on any atom is 0.178 e. The van der Waals surface area contributed by atoms with Gasteiger partial charge in [-0.3, -0.25) is 0 Å². The summed E-state index contributed by atoms with van der Waals surface area (Å²) in [4.78, 5) is 3.17. The van der Waals surface area contributed by atoms with Gasteiger partial charge in [-0.15, -0.1) is 0 Å². The molecule has 2 nitrogen and oxygen atoms in total. The lowest BCUT2D eigenvalue weighted by Crippen LogP contribution is -2.06. The van der Waals surface area contributed by atoms with Gasteiger partial charge in [0.25, 0.3) is 0 Å². The predicted octanol–water partition coefficient (Wildman–Crippen LogP) is 5.61. The Morgan fingerprint density at radius 2 is 1.90 bits per heavy atom. The summed E-state index contributed by atoms with van der Waals surface area (Å²) in [6.45, 7) is 2.09. The number of nitrogens with zero attached hydrogens (tertiary/aromatic N) is 1. The smallest absolute Gasteiger partial charge is 0.178 e. The summed E-state index contributed by atoms with van der Waals surface area (Å²) in [6, 6.07) is 13.7. The van der Waals surface area contributed by atoms with Crippen molar-refractivity contribution in [2.45, 2.75) is 13.0 Å². The molecule has 0 aliphatic carbocycles. The Morgan fingerprint density at radius 3 is 2.65 bits per heavy atom. The predicted molar refractivity (Wildman–Crippen MR) is 87.4 cm³/mol. The molecule has 102 valence electrons. The van der Waals surface area contributed by atoms with Crippen molar-refractivity contribution >= 4 is 46.5 Å². The molecule has 2 aromatic carbocycles. The molecular weight excluding hydrogens is 311 g/mol. The van der Waals surface area contributed by atoms with E-state index in [2.05, 4.69) is 16.5 Å². The maximum atomic E-state index is 6.21. The topological polar surface area (TPSA) is 20.7 Å². The molecule has 3 aromatic rings. The van der Waals surface area contributed by atoms with Crippen LogP contribution in [0.25, 0.3) is 11.0 Å². The lowest BCUT2D eigenvalue weighted by Gasteiger charge is -2.15. The van der Waals surface area contributed by atoms with Gasteiger partial charge in [0.15, 0.2) is 4.77 Å². The van der Waals surface area contributed by atoms with Gasteiger partial charge in [0.2, 0.25) is 0 Å². The second-order valence-corrected chi connectivity index (χ2v) is 5.90. The van der Waals surface area contributed by atoms with Crippen LogP contribution in [0.5, 0.6) is 0 Å². The van der Waals surface area contributed by atoms with Crippen LogP contribution in [0.3, 0.4) is 0 Å². The minimum absolute atomic E-state index is 0.0772. The van der Waals surface area contributed by atoms with E-state index in [0.717, 1.165) is 21.6 Å². The fourth-order valence-corrected chi connectivity index (χ4v) is 3.19. The molecule has 0 saturated heterocycles. The van der Waals surface area contributed by atoms with Crippen LogP contribution < -0.4 is 0 Å². The Balaban J connectivity index is 2.22. The van der Waals surface area contributed by atoms with E-state index >= 15 is 0 Å². The van der Waals surface area contributed by atoms with Crippen molar-refractivity contribution in [1.29, 1.82) is 0 Å². The van der Waals surface area contributed by atoms with Crippen LogP contribution >= 0.6 is 35.4 Å². The van der Waals surface area contributed by atoms with Crippen molar-refractivity contribution in [2.24, 2.45) is 0 Å². The third-order valence-corrected chi connectivity index (χ3v) is 4.27. The summed E-state index contributed by atoms with van der Waals surface area (Å²) in [5.74, 6) is 0. The van der Waals surface area contributed by atoms with E-state index in [4.69, 9.17) is 35.4 Å². The van der Waals surface area contributed by atoms with Gasteiger partial charge in [-0.25, -0.2) is 0 Å². The number of H-pyrrole nitrogens is 1. The van der Waals surface area contributed by atoms with Gasteiger partial charge in [0, 0.05) is 5.02 Å².